The van der Waals surface area contributed by atoms with Crippen molar-refractivity contribution in [3.63, 3.8) is 0 Å². The topological polar surface area (TPSA) is 28.7 Å². The Hall–Kier alpha value is -1.75. The van der Waals surface area contributed by atoms with E-state index in [4.69, 9.17) is 6.42 Å². The molecule has 0 aliphatic carbocycles. The van der Waals surface area contributed by atoms with Crippen LogP contribution in [0.25, 0.3) is 12.7 Å². The van der Waals surface area contributed by atoms with Crippen LogP contribution in [0.4, 0.5) is 0 Å². The molecule has 0 spiro atoms. The first-order chi connectivity index (χ1) is 6.79. The molecular formula is C12H16N2. The van der Waals surface area contributed by atoms with Crippen molar-refractivity contribution in [1.29, 1.82) is 0 Å². The van der Waals surface area contributed by atoms with Gasteiger partial charge in [0.25, 0.3) is 0 Å². The fourth-order valence-corrected chi connectivity index (χ4v) is 0.869. The third-order valence-corrected chi connectivity index (χ3v) is 1.47. The lowest BCUT2D eigenvalue weighted by atomic mass is 10.3. The van der Waals surface area contributed by atoms with E-state index in [1.54, 1.807) is 0 Å². The van der Waals surface area contributed by atoms with E-state index in [1.165, 1.54) is 0 Å². The van der Waals surface area contributed by atoms with E-state index >= 15 is 0 Å². The zero-order valence-corrected chi connectivity index (χ0v) is 8.96. The molecule has 0 aliphatic rings. The molecule has 0 amide bonds. The largest absolute Gasteiger partial charge is 0.277 e. The van der Waals surface area contributed by atoms with E-state index in [9.17, 15) is 0 Å². The van der Waals surface area contributed by atoms with E-state index in [2.05, 4.69) is 22.7 Å². The van der Waals surface area contributed by atoms with Gasteiger partial charge in [-0.25, -0.2) is 0 Å². The molecule has 0 atom stereocenters. The van der Waals surface area contributed by atoms with Crippen LogP contribution in [0.5, 0.6) is 0 Å². The summed E-state index contributed by atoms with van der Waals surface area (Å²) in [5.41, 5.74) is 0.609. The molecule has 0 bridgehead atoms. The standard InChI is InChI=1S/C10H10N2.C2H6/c1-4-6-7-9-8(3)11-12-10(9)5-2;1-2/h2,4,6-7,11H,3H2,1H3;1-2H3/b6-4-,9-7+;. The van der Waals surface area contributed by atoms with E-state index in [0.29, 0.717) is 5.69 Å². The van der Waals surface area contributed by atoms with Gasteiger partial charge in [0.05, 0.1) is 5.35 Å². The first-order valence-electron chi connectivity index (χ1n) is 4.62. The Kier molecular flexibility index (Phi) is 5.89. The highest BCUT2D eigenvalue weighted by Crippen LogP contribution is 1.76. The lowest BCUT2D eigenvalue weighted by molar-refractivity contribution is 1.05. The van der Waals surface area contributed by atoms with Gasteiger partial charge < -0.3 is 0 Å². The monoisotopic (exact) mass is 188 g/mol. The molecule has 14 heavy (non-hydrogen) atoms. The minimum absolute atomic E-state index is 0.609. The number of nitrogens with zero attached hydrogens (tertiary/aromatic N) is 1. The lowest BCUT2D eigenvalue weighted by Crippen LogP contribution is -2.21. The Morgan fingerprint density at radius 1 is 1.50 bits per heavy atom. The van der Waals surface area contributed by atoms with E-state index < -0.39 is 0 Å². The Labute approximate surface area is 85.0 Å². The second-order valence-electron chi connectivity index (χ2n) is 2.30. The Morgan fingerprint density at radius 3 is 2.64 bits per heavy atom. The Bertz CT molecular complexity index is 430. The summed E-state index contributed by atoms with van der Waals surface area (Å²) < 4.78 is 0. The van der Waals surface area contributed by atoms with Crippen LogP contribution in [0.1, 0.15) is 26.5 Å². The highest BCUT2D eigenvalue weighted by molar-refractivity contribution is 5.41. The van der Waals surface area contributed by atoms with Gasteiger partial charge in [-0.3, -0.25) is 5.10 Å². The van der Waals surface area contributed by atoms with Gasteiger partial charge in [-0.05, 0) is 12.8 Å². The highest BCUT2D eigenvalue weighted by atomic mass is 15.1. The molecule has 0 fully saturated rings. The number of aromatic nitrogens is 2. The van der Waals surface area contributed by atoms with Crippen molar-refractivity contribution < 1.29 is 0 Å². The summed E-state index contributed by atoms with van der Waals surface area (Å²) in [5.74, 6) is 2.48. The summed E-state index contributed by atoms with van der Waals surface area (Å²) in [6, 6.07) is 0. The molecular weight excluding hydrogens is 172 g/mol. The third kappa shape index (κ3) is 2.95. The van der Waals surface area contributed by atoms with Crippen LogP contribution >= 0.6 is 0 Å². The molecule has 1 N–H and O–H groups in total. The van der Waals surface area contributed by atoms with Crippen molar-refractivity contribution in [2.24, 2.45) is 0 Å². The summed E-state index contributed by atoms with van der Waals surface area (Å²) in [5, 5.41) is 8.26. The first-order valence-corrected chi connectivity index (χ1v) is 4.62. The lowest BCUT2D eigenvalue weighted by Gasteiger charge is -1.76. The summed E-state index contributed by atoms with van der Waals surface area (Å²) in [7, 11) is 0. The van der Waals surface area contributed by atoms with E-state index in [-0.39, 0.29) is 0 Å². The van der Waals surface area contributed by atoms with Gasteiger partial charge >= 0.3 is 0 Å². The van der Waals surface area contributed by atoms with Crippen molar-refractivity contribution in [2.45, 2.75) is 20.8 Å². The predicted octanol–water partition coefficient (Wildman–Crippen LogP) is 1.18. The third-order valence-electron chi connectivity index (χ3n) is 1.47. The molecule has 0 aliphatic heterocycles. The summed E-state index contributed by atoms with van der Waals surface area (Å²) in [6.07, 6.45) is 10.9. The maximum absolute atomic E-state index is 5.23. The van der Waals surface area contributed by atoms with Gasteiger partial charge in [0.1, 0.15) is 5.69 Å². The fraction of sp³-hybridized carbons (Fsp3) is 0.250. The molecule has 0 unspecified atom stereocenters. The van der Waals surface area contributed by atoms with Gasteiger partial charge in [0.15, 0.2) is 0 Å². The van der Waals surface area contributed by atoms with Crippen LogP contribution in [0.3, 0.4) is 0 Å². The van der Waals surface area contributed by atoms with Crippen LogP contribution in [0.2, 0.25) is 0 Å². The molecule has 1 rings (SSSR count). The Morgan fingerprint density at radius 2 is 2.14 bits per heavy atom. The van der Waals surface area contributed by atoms with E-state index in [0.717, 1.165) is 10.6 Å². The molecule has 0 saturated heterocycles. The second-order valence-corrected chi connectivity index (χ2v) is 2.30. The van der Waals surface area contributed by atoms with Crippen LogP contribution < -0.4 is 10.6 Å². The molecule has 2 nitrogen and oxygen atoms in total. The van der Waals surface area contributed by atoms with Gasteiger partial charge in [-0.15, -0.1) is 6.42 Å². The number of terminal acetylenes is 1. The van der Waals surface area contributed by atoms with Crippen LogP contribution in [-0.4, -0.2) is 10.2 Å². The number of aromatic amines is 1. The Balaban J connectivity index is 0.000000791. The maximum atomic E-state index is 5.23. The summed E-state index contributed by atoms with van der Waals surface area (Å²) >= 11 is 0. The SMILES string of the molecule is C#Cc1n[nH]c(=C)/c1=C\C=C/C.CC. The van der Waals surface area contributed by atoms with Crippen molar-refractivity contribution in [2.75, 3.05) is 0 Å². The van der Waals surface area contributed by atoms with Gasteiger partial charge in [-0.2, -0.15) is 5.10 Å². The van der Waals surface area contributed by atoms with Crippen molar-refractivity contribution in [3.8, 4) is 12.3 Å². The molecule has 74 valence electrons. The number of allylic oxidation sites excluding steroid dienone is 2. The summed E-state index contributed by atoms with van der Waals surface area (Å²) in [4.78, 5) is 0. The maximum Gasteiger partial charge on any atom is 0.142 e. The number of hydrogen-bond donors (Lipinski definition) is 1. The van der Waals surface area contributed by atoms with Crippen LogP contribution in [-0.2, 0) is 0 Å². The second kappa shape index (κ2) is 6.73. The molecule has 1 heterocycles. The highest BCUT2D eigenvalue weighted by Gasteiger charge is 1.93. The number of H-pyrrole nitrogens is 1. The summed E-state index contributed by atoms with van der Waals surface area (Å²) in [6.45, 7) is 9.70. The van der Waals surface area contributed by atoms with Gasteiger partial charge in [0, 0.05) is 5.22 Å². The van der Waals surface area contributed by atoms with Crippen molar-refractivity contribution in [1.82, 2.24) is 10.2 Å². The van der Waals surface area contributed by atoms with Gasteiger partial charge in [0.2, 0.25) is 0 Å². The zero-order chi connectivity index (χ0) is 11.0. The zero-order valence-electron chi connectivity index (χ0n) is 8.96. The smallest absolute Gasteiger partial charge is 0.142 e. The molecule has 0 saturated carbocycles. The van der Waals surface area contributed by atoms with E-state index in [1.807, 2.05) is 39.0 Å². The molecule has 1 aromatic heterocycles. The number of nitrogens with one attached hydrogen (secondary N) is 1. The normalized spacial score (nSPS) is 10.9. The first kappa shape index (κ1) is 12.2. The average Bonchev–Trinajstić information content (AvgIpc) is 2.59. The van der Waals surface area contributed by atoms with Crippen LogP contribution in [0, 0.1) is 12.3 Å². The minimum atomic E-state index is 0.609. The number of rotatable bonds is 1. The van der Waals surface area contributed by atoms with Crippen molar-refractivity contribution >= 4 is 12.7 Å². The van der Waals surface area contributed by atoms with Gasteiger partial charge in [-0.1, -0.05) is 38.7 Å². The van der Waals surface area contributed by atoms with Crippen molar-refractivity contribution in [3.05, 3.63) is 28.4 Å². The minimum Gasteiger partial charge on any atom is -0.277 e. The quantitative estimate of drug-likeness (QED) is 0.659. The predicted molar refractivity (Wildman–Crippen MR) is 61.9 cm³/mol. The molecule has 2 heteroatoms. The number of hydrogen-bond acceptors (Lipinski definition) is 1. The molecule has 0 aromatic carbocycles. The fourth-order valence-electron chi connectivity index (χ4n) is 0.869. The molecule has 1 aromatic rings. The van der Waals surface area contributed by atoms with Crippen LogP contribution in [0.15, 0.2) is 12.2 Å². The molecule has 0 radical (unpaired) electrons. The average molecular weight is 188 g/mol.